The van der Waals surface area contributed by atoms with Gasteiger partial charge in [0.2, 0.25) is 0 Å². The van der Waals surface area contributed by atoms with Gasteiger partial charge in [0.1, 0.15) is 0 Å². The molecule has 0 unspecified atom stereocenters. The molecule has 0 aliphatic carbocycles. The molecule has 3 aromatic rings. The summed E-state index contributed by atoms with van der Waals surface area (Å²) in [6.45, 7) is 4.93. The molecule has 1 aliphatic heterocycles. The van der Waals surface area contributed by atoms with E-state index in [0.717, 1.165) is 60.2 Å². The maximum Gasteiger partial charge on any atom is 0.261 e. The number of hydrogen-bond acceptors (Lipinski definition) is 6. The van der Waals surface area contributed by atoms with E-state index >= 15 is 0 Å². The maximum absolute atomic E-state index is 12.4. The number of hydrogen-bond donors (Lipinski definition) is 1. The van der Waals surface area contributed by atoms with Gasteiger partial charge >= 0.3 is 0 Å². The van der Waals surface area contributed by atoms with E-state index in [4.69, 9.17) is 9.26 Å². The highest BCUT2D eigenvalue weighted by atomic mass is 32.1. The van der Waals surface area contributed by atoms with Crippen LogP contribution in [0.4, 0.5) is 0 Å². The van der Waals surface area contributed by atoms with Crippen LogP contribution >= 0.6 is 11.3 Å². The Balaban J connectivity index is 1.34. The van der Waals surface area contributed by atoms with Crippen LogP contribution in [0.2, 0.25) is 0 Å². The lowest BCUT2D eigenvalue weighted by Crippen LogP contribution is -2.41. The van der Waals surface area contributed by atoms with Crippen molar-refractivity contribution in [3.63, 3.8) is 0 Å². The average molecular weight is 383 g/mol. The smallest absolute Gasteiger partial charge is 0.261 e. The number of nitrogens with one attached hydrogen (secondary N) is 1. The van der Waals surface area contributed by atoms with Crippen LogP contribution < -0.4 is 5.32 Å². The van der Waals surface area contributed by atoms with Gasteiger partial charge in [0.15, 0.2) is 5.76 Å². The van der Waals surface area contributed by atoms with E-state index in [0.29, 0.717) is 6.54 Å². The lowest BCUT2D eigenvalue weighted by molar-refractivity contribution is 0.0383. The van der Waals surface area contributed by atoms with E-state index in [2.05, 4.69) is 15.4 Å². The van der Waals surface area contributed by atoms with Crippen molar-refractivity contribution in [2.24, 2.45) is 0 Å². The Labute approximate surface area is 161 Å². The summed E-state index contributed by atoms with van der Waals surface area (Å²) < 4.78 is 10.5. The summed E-state index contributed by atoms with van der Waals surface area (Å²) in [5, 5.41) is 8.75. The Bertz CT molecular complexity index is 868. The number of carbonyl (C=O) groups is 1. The normalized spacial score (nSPS) is 15.0. The minimum absolute atomic E-state index is 0.0159. The van der Waals surface area contributed by atoms with Gasteiger partial charge in [-0.05, 0) is 22.6 Å². The zero-order chi connectivity index (χ0) is 18.5. The predicted octanol–water partition coefficient (Wildman–Crippen LogP) is 3.13. The van der Waals surface area contributed by atoms with Gasteiger partial charge in [-0.2, -0.15) is 0 Å². The summed E-state index contributed by atoms with van der Waals surface area (Å²) in [7, 11) is 0. The monoisotopic (exact) mass is 383 g/mol. The second kappa shape index (κ2) is 8.47. The molecule has 7 heteroatoms. The summed E-state index contributed by atoms with van der Waals surface area (Å²) in [6, 6.07) is 11.8. The van der Waals surface area contributed by atoms with Crippen LogP contribution in [0, 0.1) is 0 Å². The zero-order valence-electron chi connectivity index (χ0n) is 14.9. The third-order valence-corrected chi connectivity index (χ3v) is 5.51. The Morgan fingerprint density at radius 3 is 2.63 bits per heavy atom. The molecule has 1 fully saturated rings. The lowest BCUT2D eigenvalue weighted by Gasteiger charge is -2.26. The quantitative estimate of drug-likeness (QED) is 0.708. The van der Waals surface area contributed by atoms with E-state index < -0.39 is 0 Å². The SMILES string of the molecule is O=C(NCCN1CCOCC1)c1cc(-c2ccc(-c3ccno3)cc2)cs1. The fraction of sp³-hybridized carbons (Fsp3) is 0.300. The highest BCUT2D eigenvalue weighted by molar-refractivity contribution is 7.12. The fourth-order valence-electron chi connectivity index (χ4n) is 3.04. The molecule has 2 aromatic heterocycles. The van der Waals surface area contributed by atoms with Crippen molar-refractivity contribution < 1.29 is 14.1 Å². The first-order valence-electron chi connectivity index (χ1n) is 8.98. The molecule has 6 nitrogen and oxygen atoms in total. The molecule has 1 aliphatic rings. The summed E-state index contributed by atoms with van der Waals surface area (Å²) in [5.41, 5.74) is 3.09. The summed E-state index contributed by atoms with van der Waals surface area (Å²) in [4.78, 5) is 15.4. The molecule has 0 spiro atoms. The summed E-state index contributed by atoms with van der Waals surface area (Å²) in [6.07, 6.45) is 1.63. The summed E-state index contributed by atoms with van der Waals surface area (Å²) >= 11 is 1.47. The molecule has 1 saturated heterocycles. The Hall–Kier alpha value is -2.48. The topological polar surface area (TPSA) is 67.6 Å². The number of nitrogens with zero attached hydrogens (tertiary/aromatic N) is 2. The molecule has 0 bridgehead atoms. The minimum atomic E-state index is -0.0159. The Kier molecular flexibility index (Phi) is 5.62. The van der Waals surface area contributed by atoms with Crippen molar-refractivity contribution in [1.82, 2.24) is 15.4 Å². The second-order valence-corrected chi connectivity index (χ2v) is 7.27. The van der Waals surface area contributed by atoms with Gasteiger partial charge in [0.25, 0.3) is 5.91 Å². The van der Waals surface area contributed by atoms with Gasteiger partial charge in [-0.25, -0.2) is 0 Å². The highest BCUT2D eigenvalue weighted by Gasteiger charge is 2.13. The molecule has 1 N–H and O–H groups in total. The van der Waals surface area contributed by atoms with Crippen LogP contribution in [0.15, 0.2) is 52.5 Å². The highest BCUT2D eigenvalue weighted by Crippen LogP contribution is 2.28. The standard InChI is InChI=1S/C20H21N3O3S/c24-20(21-7-8-23-9-11-25-12-10-23)19-13-17(14-27-19)15-1-3-16(4-2-15)18-5-6-22-26-18/h1-6,13-14H,7-12H2,(H,21,24). The van der Waals surface area contributed by atoms with Crippen molar-refractivity contribution in [3.8, 4) is 22.5 Å². The Morgan fingerprint density at radius 2 is 1.89 bits per heavy atom. The fourth-order valence-corrected chi connectivity index (χ4v) is 3.87. The van der Waals surface area contributed by atoms with Gasteiger partial charge in [0.05, 0.1) is 24.3 Å². The number of carbonyl (C=O) groups excluding carboxylic acids is 1. The van der Waals surface area contributed by atoms with E-state index in [1.165, 1.54) is 11.3 Å². The molecular weight excluding hydrogens is 362 g/mol. The number of thiophene rings is 1. The molecule has 0 atom stereocenters. The molecule has 0 radical (unpaired) electrons. The van der Waals surface area contributed by atoms with Crippen LogP contribution in [0.5, 0.6) is 0 Å². The van der Waals surface area contributed by atoms with Crippen molar-refractivity contribution in [1.29, 1.82) is 0 Å². The molecule has 1 aromatic carbocycles. The first kappa shape index (κ1) is 17.9. The van der Waals surface area contributed by atoms with E-state index in [1.807, 2.05) is 41.8 Å². The number of aromatic nitrogens is 1. The number of amides is 1. The third-order valence-electron chi connectivity index (χ3n) is 4.58. The lowest BCUT2D eigenvalue weighted by atomic mass is 10.1. The van der Waals surface area contributed by atoms with Gasteiger partial charge in [0, 0.05) is 37.8 Å². The van der Waals surface area contributed by atoms with E-state index in [-0.39, 0.29) is 5.91 Å². The Morgan fingerprint density at radius 1 is 1.11 bits per heavy atom. The second-order valence-electron chi connectivity index (χ2n) is 6.36. The molecule has 0 saturated carbocycles. The largest absolute Gasteiger partial charge is 0.379 e. The molecule has 27 heavy (non-hydrogen) atoms. The number of benzene rings is 1. The predicted molar refractivity (Wildman–Crippen MR) is 105 cm³/mol. The van der Waals surface area contributed by atoms with Crippen LogP contribution in [0.25, 0.3) is 22.5 Å². The van der Waals surface area contributed by atoms with Gasteiger partial charge in [-0.1, -0.05) is 29.4 Å². The first-order valence-corrected chi connectivity index (χ1v) is 9.86. The van der Waals surface area contributed by atoms with Crippen LogP contribution in [0.3, 0.4) is 0 Å². The maximum atomic E-state index is 12.4. The average Bonchev–Trinajstić information content (AvgIpc) is 3.41. The number of morpholine rings is 1. The van der Waals surface area contributed by atoms with Gasteiger partial charge < -0.3 is 14.6 Å². The molecule has 1 amide bonds. The number of ether oxygens (including phenoxy) is 1. The molecule has 4 rings (SSSR count). The minimum Gasteiger partial charge on any atom is -0.379 e. The van der Waals surface area contributed by atoms with Crippen molar-refractivity contribution >= 4 is 17.2 Å². The molecular formula is C20H21N3O3S. The van der Waals surface area contributed by atoms with Crippen molar-refractivity contribution in [2.75, 3.05) is 39.4 Å². The number of rotatable bonds is 6. The van der Waals surface area contributed by atoms with Crippen molar-refractivity contribution in [3.05, 3.63) is 52.9 Å². The van der Waals surface area contributed by atoms with E-state index in [9.17, 15) is 4.79 Å². The first-order chi connectivity index (χ1) is 13.3. The molecule has 140 valence electrons. The molecule has 3 heterocycles. The van der Waals surface area contributed by atoms with Gasteiger partial charge in [-0.15, -0.1) is 11.3 Å². The van der Waals surface area contributed by atoms with E-state index in [1.54, 1.807) is 6.20 Å². The third kappa shape index (κ3) is 4.44. The van der Waals surface area contributed by atoms with Crippen LogP contribution in [-0.2, 0) is 4.74 Å². The van der Waals surface area contributed by atoms with Gasteiger partial charge in [-0.3, -0.25) is 9.69 Å². The zero-order valence-corrected chi connectivity index (χ0v) is 15.7. The summed E-state index contributed by atoms with van der Waals surface area (Å²) in [5.74, 6) is 0.727. The van der Waals surface area contributed by atoms with Crippen LogP contribution in [0.1, 0.15) is 9.67 Å². The van der Waals surface area contributed by atoms with Crippen molar-refractivity contribution in [2.45, 2.75) is 0 Å². The van der Waals surface area contributed by atoms with Crippen LogP contribution in [-0.4, -0.2) is 55.4 Å².